The lowest BCUT2D eigenvalue weighted by Crippen LogP contribution is -2.50. The summed E-state index contributed by atoms with van der Waals surface area (Å²) in [4.78, 5) is 16.3. The van der Waals surface area contributed by atoms with Crippen LogP contribution < -0.4 is 5.32 Å². The largest absolute Gasteiger partial charge is 0.465 e. The summed E-state index contributed by atoms with van der Waals surface area (Å²) in [6.07, 6.45) is 7.40. The number of nitrogens with zero attached hydrogens (tertiary/aromatic N) is 4. The lowest BCUT2D eigenvalue weighted by Gasteiger charge is -2.42. The van der Waals surface area contributed by atoms with Gasteiger partial charge in [-0.2, -0.15) is 5.10 Å². The first-order valence-electron chi connectivity index (χ1n) is 11.3. The number of benzene rings is 2. The Kier molecular flexibility index (Phi) is 4.69. The van der Waals surface area contributed by atoms with E-state index >= 15 is 0 Å². The van der Waals surface area contributed by atoms with Crippen molar-refractivity contribution < 1.29 is 9.90 Å². The SMILES string of the molecule is O=C(O)NC1(c2ccc(-c3nc4ccc(-n5cccn5)cn4c3-c3ccccc3)cc2)CCC1. The Morgan fingerprint density at radius 1 is 0.941 bits per heavy atom. The van der Waals surface area contributed by atoms with Crippen molar-refractivity contribution in [2.24, 2.45) is 0 Å². The molecule has 0 saturated heterocycles. The van der Waals surface area contributed by atoms with Crippen molar-refractivity contribution in [3.63, 3.8) is 0 Å². The number of carboxylic acid groups (broad SMARTS) is 1. The van der Waals surface area contributed by atoms with Crippen molar-refractivity contribution in [1.82, 2.24) is 24.5 Å². The van der Waals surface area contributed by atoms with Gasteiger partial charge in [0.05, 0.1) is 22.6 Å². The van der Waals surface area contributed by atoms with Crippen LogP contribution in [0, 0.1) is 0 Å². The smallest absolute Gasteiger partial charge is 0.405 e. The Morgan fingerprint density at radius 2 is 1.74 bits per heavy atom. The first-order valence-corrected chi connectivity index (χ1v) is 11.3. The van der Waals surface area contributed by atoms with Crippen LogP contribution in [0.2, 0.25) is 0 Å². The van der Waals surface area contributed by atoms with Gasteiger partial charge in [0.2, 0.25) is 0 Å². The molecule has 2 N–H and O–H groups in total. The third kappa shape index (κ3) is 3.33. The minimum atomic E-state index is -0.983. The van der Waals surface area contributed by atoms with E-state index in [1.807, 2.05) is 71.5 Å². The number of carbonyl (C=O) groups is 1. The van der Waals surface area contributed by atoms with Crippen LogP contribution in [0.1, 0.15) is 24.8 Å². The van der Waals surface area contributed by atoms with Crippen molar-refractivity contribution in [2.45, 2.75) is 24.8 Å². The molecule has 0 spiro atoms. The Labute approximate surface area is 196 Å². The highest BCUT2D eigenvalue weighted by molar-refractivity contribution is 5.82. The minimum absolute atomic E-state index is 0.482. The Morgan fingerprint density at radius 3 is 2.38 bits per heavy atom. The summed E-state index contributed by atoms with van der Waals surface area (Å²) in [5, 5.41) is 16.4. The van der Waals surface area contributed by atoms with Crippen molar-refractivity contribution in [1.29, 1.82) is 0 Å². The molecule has 7 nitrogen and oxygen atoms in total. The molecular formula is C27H23N5O2. The number of pyridine rings is 1. The zero-order valence-electron chi connectivity index (χ0n) is 18.4. The standard InChI is InChI=1S/C27H23N5O2/c33-26(34)30-27(14-4-15-27)21-10-8-19(9-11-21)24-25(20-6-2-1-3-7-20)31-18-22(12-13-23(31)29-24)32-17-5-16-28-32/h1-3,5-13,16-18,30H,4,14-15H2,(H,33,34). The van der Waals surface area contributed by atoms with Gasteiger partial charge >= 0.3 is 6.09 Å². The van der Waals surface area contributed by atoms with E-state index in [1.165, 1.54) is 0 Å². The van der Waals surface area contributed by atoms with Gasteiger partial charge in [0.25, 0.3) is 0 Å². The number of aromatic nitrogens is 4. The summed E-state index contributed by atoms with van der Waals surface area (Å²) >= 11 is 0. The van der Waals surface area contributed by atoms with Crippen LogP contribution in [0.3, 0.4) is 0 Å². The number of hydrogen-bond acceptors (Lipinski definition) is 3. The van der Waals surface area contributed by atoms with Gasteiger partial charge in [-0.1, -0.05) is 54.6 Å². The molecule has 3 aromatic heterocycles. The highest BCUT2D eigenvalue weighted by Crippen LogP contribution is 2.42. The molecule has 3 heterocycles. The summed E-state index contributed by atoms with van der Waals surface area (Å²) < 4.78 is 3.94. The maximum Gasteiger partial charge on any atom is 0.405 e. The van der Waals surface area contributed by atoms with Gasteiger partial charge in [0.15, 0.2) is 0 Å². The number of amides is 1. The maximum absolute atomic E-state index is 11.4. The van der Waals surface area contributed by atoms with Gasteiger partial charge in [-0.25, -0.2) is 14.5 Å². The molecule has 168 valence electrons. The van der Waals surface area contributed by atoms with Crippen LogP contribution in [0.4, 0.5) is 4.79 Å². The lowest BCUT2D eigenvalue weighted by atomic mass is 9.72. The molecule has 0 radical (unpaired) electrons. The topological polar surface area (TPSA) is 84.5 Å². The average molecular weight is 450 g/mol. The van der Waals surface area contributed by atoms with E-state index < -0.39 is 11.6 Å². The first-order chi connectivity index (χ1) is 16.6. The fourth-order valence-electron chi connectivity index (χ4n) is 4.83. The molecule has 7 heteroatoms. The predicted octanol–water partition coefficient (Wildman–Crippen LogP) is 5.50. The number of imidazole rings is 1. The Bertz CT molecular complexity index is 1470. The molecule has 0 atom stereocenters. The molecule has 0 aliphatic heterocycles. The molecule has 0 bridgehead atoms. The first kappa shape index (κ1) is 20.2. The molecular weight excluding hydrogens is 426 g/mol. The second kappa shape index (κ2) is 7.88. The summed E-state index contributed by atoms with van der Waals surface area (Å²) in [6.45, 7) is 0. The van der Waals surface area contributed by atoms with Gasteiger partial charge < -0.3 is 10.4 Å². The van der Waals surface area contributed by atoms with Crippen LogP contribution in [-0.4, -0.2) is 30.4 Å². The van der Waals surface area contributed by atoms with E-state index in [-0.39, 0.29) is 0 Å². The zero-order chi connectivity index (χ0) is 23.1. The predicted molar refractivity (Wildman–Crippen MR) is 130 cm³/mol. The molecule has 1 aliphatic rings. The van der Waals surface area contributed by atoms with Gasteiger partial charge in [-0.3, -0.25) is 4.40 Å². The maximum atomic E-state index is 11.4. The molecule has 1 fully saturated rings. The summed E-state index contributed by atoms with van der Waals surface area (Å²) in [5.41, 5.74) is 6.23. The molecule has 1 amide bonds. The van der Waals surface area contributed by atoms with Crippen LogP contribution in [0.15, 0.2) is 91.4 Å². The van der Waals surface area contributed by atoms with Gasteiger partial charge in [-0.15, -0.1) is 0 Å². The van der Waals surface area contributed by atoms with E-state index in [1.54, 1.807) is 6.20 Å². The lowest BCUT2D eigenvalue weighted by molar-refractivity contribution is 0.144. The zero-order valence-corrected chi connectivity index (χ0v) is 18.4. The summed E-state index contributed by atoms with van der Waals surface area (Å²) in [6, 6.07) is 24.3. The van der Waals surface area contributed by atoms with Gasteiger partial charge in [-0.05, 0) is 43.0 Å². The number of nitrogens with one attached hydrogen (secondary N) is 1. The molecule has 2 aromatic carbocycles. The summed E-state index contributed by atoms with van der Waals surface area (Å²) in [7, 11) is 0. The molecule has 1 aliphatic carbocycles. The molecule has 1 saturated carbocycles. The van der Waals surface area contributed by atoms with Gasteiger partial charge in [0.1, 0.15) is 5.65 Å². The minimum Gasteiger partial charge on any atom is -0.465 e. The molecule has 34 heavy (non-hydrogen) atoms. The Balaban J connectivity index is 1.48. The van der Waals surface area contributed by atoms with E-state index in [0.717, 1.165) is 58.7 Å². The number of hydrogen-bond donors (Lipinski definition) is 2. The molecule has 5 aromatic rings. The van der Waals surface area contributed by atoms with Crippen LogP contribution in [0.5, 0.6) is 0 Å². The third-order valence-corrected chi connectivity index (χ3v) is 6.68. The normalized spacial score (nSPS) is 14.6. The van der Waals surface area contributed by atoms with E-state index in [4.69, 9.17) is 4.98 Å². The monoisotopic (exact) mass is 449 g/mol. The van der Waals surface area contributed by atoms with E-state index in [0.29, 0.717) is 0 Å². The number of fused-ring (bicyclic) bond motifs is 1. The number of rotatable bonds is 5. The quantitative estimate of drug-likeness (QED) is 0.371. The van der Waals surface area contributed by atoms with Crippen LogP contribution in [-0.2, 0) is 5.54 Å². The fraction of sp³-hybridized carbons (Fsp3) is 0.148. The molecule has 6 rings (SSSR count). The average Bonchev–Trinajstić information content (AvgIpc) is 3.50. The van der Waals surface area contributed by atoms with Crippen molar-refractivity contribution in [3.8, 4) is 28.2 Å². The van der Waals surface area contributed by atoms with Crippen molar-refractivity contribution in [2.75, 3.05) is 0 Å². The highest BCUT2D eigenvalue weighted by atomic mass is 16.4. The fourth-order valence-corrected chi connectivity index (χ4v) is 4.83. The third-order valence-electron chi connectivity index (χ3n) is 6.68. The molecule has 0 unspecified atom stereocenters. The highest BCUT2D eigenvalue weighted by Gasteiger charge is 2.40. The van der Waals surface area contributed by atoms with Crippen molar-refractivity contribution >= 4 is 11.7 Å². The van der Waals surface area contributed by atoms with Crippen molar-refractivity contribution in [3.05, 3.63) is 97.0 Å². The second-order valence-electron chi connectivity index (χ2n) is 8.68. The van der Waals surface area contributed by atoms with Gasteiger partial charge in [0, 0.05) is 29.7 Å². The summed E-state index contributed by atoms with van der Waals surface area (Å²) in [5.74, 6) is 0. The Hall–Kier alpha value is -4.39. The van der Waals surface area contributed by atoms with E-state index in [2.05, 4.69) is 33.1 Å². The van der Waals surface area contributed by atoms with Crippen LogP contribution in [0.25, 0.3) is 33.8 Å². The van der Waals surface area contributed by atoms with Crippen LogP contribution >= 0.6 is 0 Å². The van der Waals surface area contributed by atoms with E-state index in [9.17, 15) is 9.90 Å². The second-order valence-corrected chi connectivity index (χ2v) is 8.68.